The molecule has 0 saturated heterocycles. The van der Waals surface area contributed by atoms with E-state index in [4.69, 9.17) is 9.47 Å². The van der Waals surface area contributed by atoms with Crippen molar-refractivity contribution in [3.63, 3.8) is 0 Å². The summed E-state index contributed by atoms with van der Waals surface area (Å²) in [6, 6.07) is 19.9. The summed E-state index contributed by atoms with van der Waals surface area (Å²) in [7, 11) is 3.88. The molecule has 3 aliphatic rings. The van der Waals surface area contributed by atoms with Crippen molar-refractivity contribution in [2.75, 3.05) is 32.6 Å². The topological polar surface area (TPSA) is 102 Å². The van der Waals surface area contributed by atoms with Crippen LogP contribution in [0.3, 0.4) is 0 Å². The number of hydrogen-bond acceptors (Lipinski definition) is 6. The molecule has 1 aliphatic heterocycles. The number of fused-ring (bicyclic) bond motifs is 5. The molecule has 52 heavy (non-hydrogen) atoms. The highest BCUT2D eigenvalue weighted by Crippen LogP contribution is 2.46. The molecule has 2 heterocycles. The number of aromatic nitrogens is 1. The molecular formula is C43H50N4O5. The fraction of sp³-hybridized carbons (Fsp3) is 0.419. The number of amides is 2. The molecular weight excluding hydrogens is 652 g/mol. The second kappa shape index (κ2) is 15.4. The van der Waals surface area contributed by atoms with Gasteiger partial charge >= 0.3 is 5.97 Å². The molecule has 9 heteroatoms. The number of carbonyl (C=O) groups excluding carboxylic acids is 3. The first-order valence-electron chi connectivity index (χ1n) is 18.9. The van der Waals surface area contributed by atoms with Gasteiger partial charge in [0, 0.05) is 53.4 Å². The predicted molar refractivity (Wildman–Crippen MR) is 205 cm³/mol. The van der Waals surface area contributed by atoms with Crippen molar-refractivity contribution < 1.29 is 23.9 Å². The zero-order valence-corrected chi connectivity index (χ0v) is 30.6. The quantitative estimate of drug-likeness (QED) is 0.135. The largest absolute Gasteiger partial charge is 0.497 e. The van der Waals surface area contributed by atoms with Crippen molar-refractivity contribution in [3.05, 3.63) is 89.0 Å². The van der Waals surface area contributed by atoms with Gasteiger partial charge in [0.25, 0.3) is 5.91 Å². The molecule has 2 fully saturated rings. The second-order valence-corrected chi connectivity index (χ2v) is 14.6. The molecule has 0 unspecified atom stereocenters. The van der Waals surface area contributed by atoms with Gasteiger partial charge in [-0.25, -0.2) is 4.79 Å². The molecule has 2 amide bonds. The first-order valence-corrected chi connectivity index (χ1v) is 18.9. The lowest BCUT2D eigenvalue weighted by molar-refractivity contribution is -0.137. The standard InChI is InChI=1S/C43H50N4O5/c1-4-52-38(48)21-14-29-12-16-33(17-13-29)44-42(50)43(22-8-9-23-43)45-41(49)31-15-19-36-37(27-31)47-25-24-46(2)28-32-26-34(51-3)18-20-35(32)40(47)39(36)30-10-6-5-7-11-30/h12-21,26-27,30H,4-11,22-25,28H2,1-3H3,(H,44,50)(H,45,49). The van der Waals surface area contributed by atoms with Gasteiger partial charge in [0.2, 0.25) is 5.91 Å². The highest BCUT2D eigenvalue weighted by molar-refractivity contribution is 6.06. The van der Waals surface area contributed by atoms with Crippen LogP contribution in [-0.2, 0) is 27.4 Å². The average Bonchev–Trinajstić information content (AvgIpc) is 3.76. The van der Waals surface area contributed by atoms with Gasteiger partial charge in [0.1, 0.15) is 11.3 Å². The Labute approximate surface area is 306 Å². The fourth-order valence-corrected chi connectivity index (χ4v) is 8.50. The predicted octanol–water partition coefficient (Wildman–Crippen LogP) is 8.07. The van der Waals surface area contributed by atoms with Crippen LogP contribution in [0.4, 0.5) is 5.69 Å². The van der Waals surface area contributed by atoms with Gasteiger partial charge in [-0.15, -0.1) is 0 Å². The van der Waals surface area contributed by atoms with Gasteiger partial charge in [-0.3, -0.25) is 9.59 Å². The van der Waals surface area contributed by atoms with E-state index in [0.717, 1.165) is 49.3 Å². The van der Waals surface area contributed by atoms with E-state index < -0.39 is 11.5 Å². The Kier molecular flexibility index (Phi) is 10.5. The molecule has 272 valence electrons. The Morgan fingerprint density at radius 1 is 0.923 bits per heavy atom. The Morgan fingerprint density at radius 2 is 1.69 bits per heavy atom. The molecule has 0 spiro atoms. The van der Waals surface area contributed by atoms with Crippen LogP contribution >= 0.6 is 0 Å². The first kappa shape index (κ1) is 35.5. The number of ether oxygens (including phenoxy) is 2. The van der Waals surface area contributed by atoms with Crippen molar-refractivity contribution >= 4 is 40.4 Å². The average molecular weight is 703 g/mol. The van der Waals surface area contributed by atoms with Gasteiger partial charge in [0.15, 0.2) is 0 Å². The minimum Gasteiger partial charge on any atom is -0.497 e. The van der Waals surface area contributed by atoms with Crippen molar-refractivity contribution in [1.29, 1.82) is 0 Å². The van der Waals surface area contributed by atoms with Crippen LogP contribution in [0.25, 0.3) is 28.2 Å². The Hall–Kier alpha value is -4.89. The molecule has 1 aromatic heterocycles. The van der Waals surface area contributed by atoms with Crippen LogP contribution in [-0.4, -0.2) is 60.1 Å². The van der Waals surface area contributed by atoms with E-state index in [-0.39, 0.29) is 11.8 Å². The third-order valence-electron chi connectivity index (χ3n) is 11.2. The Bertz CT molecular complexity index is 1980. The fourth-order valence-electron chi connectivity index (χ4n) is 8.50. The number of carbonyl (C=O) groups is 3. The molecule has 2 aliphatic carbocycles. The number of likely N-dealkylation sites (N-methyl/N-ethyl adjacent to an activating group) is 1. The summed E-state index contributed by atoms with van der Waals surface area (Å²) in [4.78, 5) is 42.1. The van der Waals surface area contributed by atoms with Crippen LogP contribution in [0.5, 0.6) is 5.75 Å². The maximum Gasteiger partial charge on any atom is 0.330 e. The number of nitrogens with zero attached hydrogens (tertiary/aromatic N) is 2. The number of hydrogen-bond donors (Lipinski definition) is 2. The summed E-state index contributed by atoms with van der Waals surface area (Å²) in [6.07, 6.45) is 12.0. The Morgan fingerprint density at radius 3 is 2.42 bits per heavy atom. The number of anilines is 1. The van der Waals surface area contributed by atoms with Crippen LogP contribution in [0.1, 0.15) is 97.7 Å². The van der Waals surface area contributed by atoms with E-state index in [9.17, 15) is 14.4 Å². The molecule has 7 rings (SSSR count). The van der Waals surface area contributed by atoms with E-state index in [1.807, 2.05) is 24.3 Å². The SMILES string of the molecule is CCOC(=O)C=Cc1ccc(NC(=O)C2(NC(=O)c3ccc4c(C5CCCCC5)c5n(c4c3)CCN(C)Cc3cc(OC)ccc3-5)CCCC2)cc1. The summed E-state index contributed by atoms with van der Waals surface area (Å²) >= 11 is 0. The van der Waals surface area contributed by atoms with Gasteiger partial charge in [-0.2, -0.15) is 0 Å². The van der Waals surface area contributed by atoms with E-state index in [0.29, 0.717) is 36.6 Å². The van der Waals surface area contributed by atoms with E-state index >= 15 is 0 Å². The third kappa shape index (κ3) is 7.24. The van der Waals surface area contributed by atoms with Crippen LogP contribution in [0.2, 0.25) is 0 Å². The Balaban J connectivity index is 1.20. The van der Waals surface area contributed by atoms with Crippen molar-refractivity contribution in [1.82, 2.24) is 14.8 Å². The third-order valence-corrected chi connectivity index (χ3v) is 11.2. The zero-order valence-electron chi connectivity index (χ0n) is 30.6. The number of benzene rings is 3. The van der Waals surface area contributed by atoms with Crippen LogP contribution in [0.15, 0.2) is 66.7 Å². The lowest BCUT2D eigenvalue weighted by Gasteiger charge is -2.29. The minimum atomic E-state index is -1.00. The van der Waals surface area contributed by atoms with Crippen molar-refractivity contribution in [3.8, 4) is 17.0 Å². The summed E-state index contributed by atoms with van der Waals surface area (Å²) < 4.78 is 13.0. The van der Waals surface area contributed by atoms with Crippen LogP contribution in [0, 0.1) is 0 Å². The van der Waals surface area contributed by atoms with Gasteiger partial charge in [-0.1, -0.05) is 50.3 Å². The maximum absolute atomic E-state index is 14.2. The number of methoxy groups -OCH3 is 1. The molecule has 0 atom stereocenters. The summed E-state index contributed by atoms with van der Waals surface area (Å²) in [6.45, 7) is 4.61. The van der Waals surface area contributed by atoms with E-state index in [2.05, 4.69) is 51.4 Å². The maximum atomic E-state index is 14.2. The molecule has 0 bridgehead atoms. The van der Waals surface area contributed by atoms with Crippen molar-refractivity contribution in [2.45, 2.75) is 89.3 Å². The molecule has 0 radical (unpaired) electrons. The van der Waals surface area contributed by atoms with E-state index in [1.165, 1.54) is 66.0 Å². The molecule has 4 aromatic rings. The van der Waals surface area contributed by atoms with E-state index in [1.54, 1.807) is 32.2 Å². The van der Waals surface area contributed by atoms with Gasteiger partial charge in [-0.05, 0) is 111 Å². The van der Waals surface area contributed by atoms with Crippen molar-refractivity contribution in [2.24, 2.45) is 0 Å². The highest BCUT2D eigenvalue weighted by Gasteiger charge is 2.43. The number of rotatable bonds is 9. The highest BCUT2D eigenvalue weighted by atomic mass is 16.5. The lowest BCUT2D eigenvalue weighted by Crippen LogP contribution is -2.55. The van der Waals surface area contributed by atoms with Gasteiger partial charge < -0.3 is 29.6 Å². The summed E-state index contributed by atoms with van der Waals surface area (Å²) in [5.74, 6) is 0.480. The molecule has 2 saturated carbocycles. The first-order chi connectivity index (χ1) is 25.3. The monoisotopic (exact) mass is 702 g/mol. The normalized spacial score (nSPS) is 17.6. The number of esters is 1. The zero-order chi connectivity index (χ0) is 36.2. The summed E-state index contributed by atoms with van der Waals surface area (Å²) in [5.41, 5.74) is 7.24. The second-order valence-electron chi connectivity index (χ2n) is 14.6. The molecule has 9 nitrogen and oxygen atoms in total. The minimum absolute atomic E-state index is 0.211. The van der Waals surface area contributed by atoms with Gasteiger partial charge in [0.05, 0.1) is 19.4 Å². The molecule has 2 N–H and O–H groups in total. The smallest absolute Gasteiger partial charge is 0.330 e. The van der Waals surface area contributed by atoms with Crippen LogP contribution < -0.4 is 15.4 Å². The lowest BCUT2D eigenvalue weighted by atomic mass is 9.81. The number of nitrogens with one attached hydrogen (secondary N) is 2. The summed E-state index contributed by atoms with van der Waals surface area (Å²) in [5, 5.41) is 7.49. The molecule has 3 aromatic carbocycles.